The number of aryl methyl sites for hydroxylation is 2. The molecule has 0 saturated heterocycles. The minimum Gasteiger partial charge on any atom is -0.457 e. The van der Waals surface area contributed by atoms with Crippen molar-refractivity contribution in [2.75, 3.05) is 17.2 Å². The van der Waals surface area contributed by atoms with Gasteiger partial charge in [0.15, 0.2) is 6.61 Å². The Labute approximate surface area is 225 Å². The zero-order valence-corrected chi connectivity index (χ0v) is 23.0. The highest BCUT2D eigenvalue weighted by molar-refractivity contribution is 9.10. The standard InChI is InChI=1S/C29H31BrN2O5/c1-18(2)24-11-5-19(3)15-26(24)37-23-9-7-22(8-10-23)31-27(33)13-14-29(35)36-17-28(34)32-25-12-6-21(30)16-20(25)4/h5-12,15-16,18H,13-14,17H2,1-4H3,(H,31,33)(H,32,34). The molecule has 37 heavy (non-hydrogen) atoms. The first-order valence-corrected chi connectivity index (χ1v) is 12.8. The van der Waals surface area contributed by atoms with Gasteiger partial charge in [0.1, 0.15) is 11.5 Å². The molecule has 0 saturated carbocycles. The zero-order chi connectivity index (χ0) is 26.9. The van der Waals surface area contributed by atoms with Crippen molar-refractivity contribution in [3.8, 4) is 11.5 Å². The average molecular weight is 567 g/mol. The molecule has 0 bridgehead atoms. The van der Waals surface area contributed by atoms with Gasteiger partial charge in [0.25, 0.3) is 5.91 Å². The second-order valence-electron chi connectivity index (χ2n) is 9.04. The number of nitrogens with one attached hydrogen (secondary N) is 2. The first-order chi connectivity index (χ1) is 17.6. The normalized spacial score (nSPS) is 10.6. The number of carbonyl (C=O) groups excluding carboxylic acids is 3. The number of rotatable bonds is 10. The Hall–Kier alpha value is -3.65. The number of hydrogen-bond donors (Lipinski definition) is 2. The van der Waals surface area contributed by atoms with Gasteiger partial charge in [0.05, 0.1) is 6.42 Å². The van der Waals surface area contributed by atoms with E-state index in [1.165, 1.54) is 0 Å². The van der Waals surface area contributed by atoms with Crippen LogP contribution in [0.2, 0.25) is 0 Å². The Bertz CT molecular complexity index is 1270. The second kappa shape index (κ2) is 13.1. The van der Waals surface area contributed by atoms with Gasteiger partial charge in [0.2, 0.25) is 5.91 Å². The Morgan fingerprint density at radius 3 is 2.27 bits per heavy atom. The highest BCUT2D eigenvalue weighted by Crippen LogP contribution is 2.32. The lowest BCUT2D eigenvalue weighted by Crippen LogP contribution is -2.22. The third-order valence-corrected chi connectivity index (χ3v) is 6.03. The highest BCUT2D eigenvalue weighted by atomic mass is 79.9. The van der Waals surface area contributed by atoms with E-state index in [0.29, 0.717) is 23.0 Å². The highest BCUT2D eigenvalue weighted by Gasteiger charge is 2.13. The predicted molar refractivity (Wildman–Crippen MR) is 148 cm³/mol. The Kier molecular flexibility index (Phi) is 9.85. The van der Waals surface area contributed by atoms with Crippen LogP contribution in [0.25, 0.3) is 0 Å². The van der Waals surface area contributed by atoms with Crippen LogP contribution < -0.4 is 15.4 Å². The third kappa shape index (κ3) is 8.75. The van der Waals surface area contributed by atoms with Gasteiger partial charge in [-0.15, -0.1) is 0 Å². The fourth-order valence-corrected chi connectivity index (χ4v) is 4.03. The number of carbonyl (C=O) groups is 3. The smallest absolute Gasteiger partial charge is 0.306 e. The minimum absolute atomic E-state index is 0.0639. The molecular weight excluding hydrogens is 536 g/mol. The van der Waals surface area contributed by atoms with Crippen molar-refractivity contribution in [3.05, 3.63) is 81.8 Å². The number of amides is 2. The van der Waals surface area contributed by atoms with E-state index in [0.717, 1.165) is 26.9 Å². The topological polar surface area (TPSA) is 93.7 Å². The lowest BCUT2D eigenvalue weighted by molar-refractivity contribution is -0.147. The lowest BCUT2D eigenvalue weighted by Gasteiger charge is -2.15. The maximum absolute atomic E-state index is 12.3. The lowest BCUT2D eigenvalue weighted by atomic mass is 10.0. The summed E-state index contributed by atoms with van der Waals surface area (Å²) in [5.74, 6) is 0.390. The SMILES string of the molecule is Cc1ccc(C(C)C)c(Oc2ccc(NC(=O)CCC(=O)OCC(=O)Nc3ccc(Br)cc3C)cc2)c1. The van der Waals surface area contributed by atoms with Gasteiger partial charge >= 0.3 is 5.97 Å². The molecule has 8 heteroatoms. The molecular formula is C29H31BrN2O5. The molecule has 0 aliphatic rings. The van der Waals surface area contributed by atoms with Gasteiger partial charge in [0, 0.05) is 22.3 Å². The molecule has 0 radical (unpaired) electrons. The summed E-state index contributed by atoms with van der Waals surface area (Å²) in [6.45, 7) is 7.69. The van der Waals surface area contributed by atoms with E-state index in [1.54, 1.807) is 36.4 Å². The molecule has 2 amide bonds. The van der Waals surface area contributed by atoms with Crippen LogP contribution in [-0.4, -0.2) is 24.4 Å². The third-order valence-electron chi connectivity index (χ3n) is 5.54. The summed E-state index contributed by atoms with van der Waals surface area (Å²) < 4.78 is 12.0. The molecule has 7 nitrogen and oxygen atoms in total. The summed E-state index contributed by atoms with van der Waals surface area (Å²) in [7, 11) is 0. The van der Waals surface area contributed by atoms with Crippen molar-refractivity contribution in [3.63, 3.8) is 0 Å². The number of halogens is 1. The molecule has 0 heterocycles. The Morgan fingerprint density at radius 1 is 0.865 bits per heavy atom. The quantitative estimate of drug-likeness (QED) is 0.261. The molecule has 0 unspecified atom stereocenters. The number of anilines is 2. The van der Waals surface area contributed by atoms with E-state index in [4.69, 9.17) is 9.47 Å². The first kappa shape index (κ1) is 27.9. The minimum atomic E-state index is -0.624. The van der Waals surface area contributed by atoms with Crippen LogP contribution in [-0.2, 0) is 19.1 Å². The monoisotopic (exact) mass is 566 g/mol. The van der Waals surface area contributed by atoms with Crippen LogP contribution in [0, 0.1) is 13.8 Å². The predicted octanol–water partition coefficient (Wildman–Crippen LogP) is 6.88. The largest absolute Gasteiger partial charge is 0.457 e. The summed E-state index contributed by atoms with van der Waals surface area (Å²) in [6.07, 6.45) is -0.200. The van der Waals surface area contributed by atoms with Crippen molar-refractivity contribution in [1.29, 1.82) is 0 Å². The van der Waals surface area contributed by atoms with Crippen molar-refractivity contribution in [2.45, 2.75) is 46.5 Å². The average Bonchev–Trinajstić information content (AvgIpc) is 2.84. The second-order valence-corrected chi connectivity index (χ2v) is 9.95. The van der Waals surface area contributed by atoms with E-state index in [-0.39, 0.29) is 18.7 Å². The van der Waals surface area contributed by atoms with Crippen LogP contribution in [0.5, 0.6) is 11.5 Å². The number of benzene rings is 3. The number of esters is 1. The maximum Gasteiger partial charge on any atom is 0.306 e. The van der Waals surface area contributed by atoms with Crippen LogP contribution in [0.4, 0.5) is 11.4 Å². The van der Waals surface area contributed by atoms with Gasteiger partial charge in [-0.3, -0.25) is 14.4 Å². The van der Waals surface area contributed by atoms with Gasteiger partial charge in [-0.05, 0) is 85.0 Å². The molecule has 0 aliphatic carbocycles. The van der Waals surface area contributed by atoms with E-state index >= 15 is 0 Å². The molecule has 0 spiro atoms. The molecule has 2 N–H and O–H groups in total. The molecule has 3 aromatic rings. The van der Waals surface area contributed by atoms with E-state index in [2.05, 4.69) is 52.5 Å². The fraction of sp³-hybridized carbons (Fsp3) is 0.276. The summed E-state index contributed by atoms with van der Waals surface area (Å²) >= 11 is 3.37. The molecule has 0 aliphatic heterocycles. The Morgan fingerprint density at radius 2 is 1.59 bits per heavy atom. The summed E-state index contributed by atoms with van der Waals surface area (Å²) in [6, 6.07) is 18.6. The molecule has 0 atom stereocenters. The number of hydrogen-bond acceptors (Lipinski definition) is 5. The van der Waals surface area contributed by atoms with Gasteiger partial charge < -0.3 is 20.1 Å². The molecule has 3 rings (SSSR count). The van der Waals surface area contributed by atoms with Crippen LogP contribution in [0.15, 0.2) is 65.1 Å². The van der Waals surface area contributed by atoms with Crippen LogP contribution >= 0.6 is 15.9 Å². The molecule has 0 aromatic heterocycles. The van der Waals surface area contributed by atoms with Gasteiger partial charge in [-0.25, -0.2) is 0 Å². The first-order valence-electron chi connectivity index (χ1n) is 12.0. The Balaban J connectivity index is 1.42. The van der Waals surface area contributed by atoms with Crippen molar-refractivity contribution < 1.29 is 23.9 Å². The van der Waals surface area contributed by atoms with E-state index in [1.807, 2.05) is 26.0 Å². The molecule has 3 aromatic carbocycles. The molecule has 194 valence electrons. The number of ether oxygens (including phenoxy) is 2. The summed E-state index contributed by atoms with van der Waals surface area (Å²) in [5.41, 5.74) is 4.33. The van der Waals surface area contributed by atoms with Gasteiger partial charge in [-0.1, -0.05) is 41.9 Å². The van der Waals surface area contributed by atoms with Crippen LogP contribution in [0.3, 0.4) is 0 Å². The van der Waals surface area contributed by atoms with Crippen molar-refractivity contribution >= 4 is 45.1 Å². The van der Waals surface area contributed by atoms with E-state index < -0.39 is 18.5 Å². The van der Waals surface area contributed by atoms with Gasteiger partial charge in [-0.2, -0.15) is 0 Å². The maximum atomic E-state index is 12.3. The summed E-state index contributed by atoms with van der Waals surface area (Å²) in [4.78, 5) is 36.3. The molecule has 0 fully saturated rings. The zero-order valence-electron chi connectivity index (χ0n) is 21.4. The van der Waals surface area contributed by atoms with Crippen molar-refractivity contribution in [1.82, 2.24) is 0 Å². The van der Waals surface area contributed by atoms with Crippen molar-refractivity contribution in [2.24, 2.45) is 0 Å². The van der Waals surface area contributed by atoms with E-state index in [9.17, 15) is 14.4 Å². The van der Waals surface area contributed by atoms with Crippen LogP contribution in [0.1, 0.15) is 49.3 Å². The fourth-order valence-electron chi connectivity index (χ4n) is 3.55. The summed E-state index contributed by atoms with van der Waals surface area (Å²) in [5, 5.41) is 5.44.